The Hall–Kier alpha value is -0.490. The topological polar surface area (TPSA) is 0 Å². The van der Waals surface area contributed by atoms with E-state index >= 15 is 0 Å². The first-order valence-electron chi connectivity index (χ1n) is 4.89. The maximum Gasteiger partial charge on any atom is 0.0474 e. The van der Waals surface area contributed by atoms with Crippen molar-refractivity contribution in [1.29, 1.82) is 0 Å². The van der Waals surface area contributed by atoms with Gasteiger partial charge in [0.05, 0.1) is 0 Å². The van der Waals surface area contributed by atoms with Crippen molar-refractivity contribution in [2.45, 2.75) is 39.5 Å². The van der Waals surface area contributed by atoms with Gasteiger partial charge in [-0.15, -0.1) is 11.6 Å². The Bertz CT molecular complexity index is 211. The van der Waals surface area contributed by atoms with Crippen molar-refractivity contribution in [3.63, 3.8) is 0 Å². The highest BCUT2D eigenvalue weighted by molar-refractivity contribution is 6.17. The average Bonchev–Trinajstić information content (AvgIpc) is 2.21. The van der Waals surface area contributed by atoms with Crippen LogP contribution in [0, 0.1) is 0 Å². The van der Waals surface area contributed by atoms with Gasteiger partial charge in [0.25, 0.3) is 0 Å². The molecule has 0 atom stereocenters. The highest BCUT2D eigenvalue weighted by Crippen LogP contribution is 2.15. The smallest absolute Gasteiger partial charge is 0.0474 e. The normalized spacial score (nSPS) is 9.38. The van der Waals surface area contributed by atoms with Crippen LogP contribution in [-0.2, 0) is 5.88 Å². The molecule has 0 N–H and O–H groups in total. The standard InChI is InChI=1S/C10H13Cl.C2H6/c1-8(2)10-5-3-9(7-11)4-6-10;1-2/h3-6,8H,7H2,1-2H3;1-2H3. The van der Waals surface area contributed by atoms with E-state index in [0.717, 1.165) is 0 Å². The largest absolute Gasteiger partial charge is 0.122 e. The molecule has 0 unspecified atom stereocenters. The second-order valence-corrected chi connectivity index (χ2v) is 3.30. The monoisotopic (exact) mass is 198 g/mol. The highest BCUT2D eigenvalue weighted by Gasteiger charge is 1.97. The molecule has 74 valence electrons. The molecule has 1 rings (SSSR count). The third-order valence-corrected chi connectivity index (χ3v) is 2.11. The van der Waals surface area contributed by atoms with E-state index in [1.165, 1.54) is 11.1 Å². The van der Waals surface area contributed by atoms with Crippen molar-refractivity contribution in [2.24, 2.45) is 0 Å². The van der Waals surface area contributed by atoms with Gasteiger partial charge in [-0.25, -0.2) is 0 Å². The molecule has 0 spiro atoms. The zero-order valence-corrected chi connectivity index (χ0v) is 9.73. The molecule has 0 nitrogen and oxygen atoms in total. The molecule has 0 amide bonds. The number of halogens is 1. The van der Waals surface area contributed by atoms with Crippen LogP contribution in [0.25, 0.3) is 0 Å². The van der Waals surface area contributed by atoms with Crippen molar-refractivity contribution in [1.82, 2.24) is 0 Å². The van der Waals surface area contributed by atoms with Crippen LogP contribution in [0.5, 0.6) is 0 Å². The Balaban J connectivity index is 0.000000671. The molecule has 0 saturated carbocycles. The molecule has 1 heteroatoms. The maximum absolute atomic E-state index is 5.66. The summed E-state index contributed by atoms with van der Waals surface area (Å²) in [4.78, 5) is 0. The van der Waals surface area contributed by atoms with Gasteiger partial charge < -0.3 is 0 Å². The zero-order valence-electron chi connectivity index (χ0n) is 8.97. The minimum Gasteiger partial charge on any atom is -0.122 e. The van der Waals surface area contributed by atoms with Gasteiger partial charge in [0.15, 0.2) is 0 Å². The van der Waals surface area contributed by atoms with Gasteiger partial charge in [-0.05, 0) is 17.0 Å². The van der Waals surface area contributed by atoms with Crippen molar-refractivity contribution in [2.75, 3.05) is 0 Å². The molecule has 0 radical (unpaired) electrons. The summed E-state index contributed by atoms with van der Waals surface area (Å²) >= 11 is 5.66. The van der Waals surface area contributed by atoms with E-state index in [9.17, 15) is 0 Å². The number of rotatable bonds is 2. The number of benzene rings is 1. The average molecular weight is 199 g/mol. The first-order valence-corrected chi connectivity index (χ1v) is 5.42. The zero-order chi connectivity index (χ0) is 10.3. The predicted octanol–water partition coefficient (Wildman–Crippen LogP) is 4.58. The van der Waals surface area contributed by atoms with Crippen LogP contribution in [0.2, 0.25) is 0 Å². The van der Waals surface area contributed by atoms with E-state index < -0.39 is 0 Å². The number of hydrogen-bond donors (Lipinski definition) is 0. The Labute approximate surface area is 86.9 Å². The van der Waals surface area contributed by atoms with Gasteiger partial charge in [0.1, 0.15) is 0 Å². The van der Waals surface area contributed by atoms with E-state index in [-0.39, 0.29) is 0 Å². The third kappa shape index (κ3) is 4.33. The summed E-state index contributed by atoms with van der Waals surface area (Å²) in [6.45, 7) is 8.38. The van der Waals surface area contributed by atoms with Gasteiger partial charge in [-0.3, -0.25) is 0 Å². The molecule has 0 heterocycles. The maximum atomic E-state index is 5.66. The van der Waals surface area contributed by atoms with E-state index in [0.29, 0.717) is 11.8 Å². The molecule has 13 heavy (non-hydrogen) atoms. The van der Waals surface area contributed by atoms with Crippen LogP contribution in [0.3, 0.4) is 0 Å². The minimum absolute atomic E-state index is 0.609. The fourth-order valence-corrected chi connectivity index (χ4v) is 1.17. The van der Waals surface area contributed by atoms with Gasteiger partial charge in [-0.2, -0.15) is 0 Å². The third-order valence-electron chi connectivity index (χ3n) is 1.80. The lowest BCUT2D eigenvalue weighted by Crippen LogP contribution is -1.86. The Morgan fingerprint density at radius 1 is 1.08 bits per heavy atom. The Morgan fingerprint density at radius 3 is 1.85 bits per heavy atom. The molecular weight excluding hydrogens is 180 g/mol. The van der Waals surface area contributed by atoms with Crippen LogP contribution in [0.4, 0.5) is 0 Å². The fourth-order valence-electron chi connectivity index (χ4n) is 0.992. The van der Waals surface area contributed by atoms with Gasteiger partial charge in [0, 0.05) is 5.88 Å². The SMILES string of the molecule is CC.CC(C)c1ccc(CCl)cc1. The molecule has 0 aliphatic rings. The second-order valence-electron chi connectivity index (χ2n) is 3.03. The summed E-state index contributed by atoms with van der Waals surface area (Å²) in [6, 6.07) is 8.45. The fraction of sp³-hybridized carbons (Fsp3) is 0.500. The van der Waals surface area contributed by atoms with Crippen LogP contribution in [-0.4, -0.2) is 0 Å². The van der Waals surface area contributed by atoms with Crippen LogP contribution in [0.1, 0.15) is 44.7 Å². The lowest BCUT2D eigenvalue weighted by atomic mass is 10.0. The molecular formula is C12H19Cl. The summed E-state index contributed by atoms with van der Waals surface area (Å²) in [5, 5.41) is 0. The molecule has 0 aliphatic heterocycles. The lowest BCUT2D eigenvalue weighted by Gasteiger charge is -2.04. The number of alkyl halides is 1. The van der Waals surface area contributed by atoms with Crippen molar-refractivity contribution in [3.8, 4) is 0 Å². The Morgan fingerprint density at radius 2 is 1.54 bits per heavy atom. The van der Waals surface area contributed by atoms with Gasteiger partial charge in [-0.1, -0.05) is 52.0 Å². The van der Waals surface area contributed by atoms with E-state index in [4.69, 9.17) is 11.6 Å². The van der Waals surface area contributed by atoms with Crippen molar-refractivity contribution < 1.29 is 0 Å². The van der Waals surface area contributed by atoms with Crippen LogP contribution >= 0.6 is 11.6 Å². The predicted molar refractivity (Wildman–Crippen MR) is 61.4 cm³/mol. The summed E-state index contributed by atoms with van der Waals surface area (Å²) in [7, 11) is 0. The first kappa shape index (κ1) is 12.5. The molecule has 0 saturated heterocycles. The minimum atomic E-state index is 0.609. The molecule has 1 aromatic carbocycles. The molecule has 0 bridgehead atoms. The van der Waals surface area contributed by atoms with Crippen LogP contribution in [0.15, 0.2) is 24.3 Å². The molecule has 0 aromatic heterocycles. The summed E-state index contributed by atoms with van der Waals surface area (Å²) in [5.41, 5.74) is 2.56. The van der Waals surface area contributed by atoms with Gasteiger partial charge in [0.2, 0.25) is 0 Å². The second kappa shape index (κ2) is 6.97. The van der Waals surface area contributed by atoms with Gasteiger partial charge >= 0.3 is 0 Å². The van der Waals surface area contributed by atoms with E-state index in [2.05, 4.69) is 38.1 Å². The molecule has 0 aliphatic carbocycles. The van der Waals surface area contributed by atoms with E-state index in [1.807, 2.05) is 13.8 Å². The lowest BCUT2D eigenvalue weighted by molar-refractivity contribution is 0.866. The first-order chi connectivity index (χ1) is 6.24. The Kier molecular flexibility index (Phi) is 6.70. The quantitative estimate of drug-likeness (QED) is 0.611. The highest BCUT2D eigenvalue weighted by atomic mass is 35.5. The summed E-state index contributed by atoms with van der Waals surface area (Å²) in [5.74, 6) is 1.22. The summed E-state index contributed by atoms with van der Waals surface area (Å²) < 4.78 is 0. The van der Waals surface area contributed by atoms with Crippen molar-refractivity contribution >= 4 is 11.6 Å². The number of hydrogen-bond acceptors (Lipinski definition) is 0. The molecule has 0 fully saturated rings. The molecule has 1 aromatic rings. The van der Waals surface area contributed by atoms with Crippen LogP contribution < -0.4 is 0 Å². The van der Waals surface area contributed by atoms with Crippen molar-refractivity contribution in [3.05, 3.63) is 35.4 Å². The van der Waals surface area contributed by atoms with E-state index in [1.54, 1.807) is 0 Å². The summed E-state index contributed by atoms with van der Waals surface area (Å²) in [6.07, 6.45) is 0.